The molecule has 0 N–H and O–H groups in total. The zero-order valence-electron chi connectivity index (χ0n) is 14.3. The topological polar surface area (TPSA) is 46.1 Å². The van der Waals surface area contributed by atoms with Crippen molar-refractivity contribution < 1.29 is 13.6 Å². The summed E-state index contributed by atoms with van der Waals surface area (Å²) in [5.41, 5.74) is 1.36. The van der Waals surface area contributed by atoms with E-state index < -0.39 is 17.4 Å². The molecule has 0 fully saturated rings. The first-order valence-electron chi connectivity index (χ1n) is 7.76. The van der Waals surface area contributed by atoms with E-state index in [1.54, 1.807) is 43.4 Å². The van der Waals surface area contributed by atoms with E-state index in [2.05, 4.69) is 25.9 Å². The van der Waals surface area contributed by atoms with E-state index >= 15 is 0 Å². The van der Waals surface area contributed by atoms with Crippen molar-refractivity contribution >= 4 is 49.9 Å². The van der Waals surface area contributed by atoms with Gasteiger partial charge < -0.3 is 4.90 Å². The van der Waals surface area contributed by atoms with Crippen molar-refractivity contribution in [1.29, 1.82) is 0 Å². The van der Waals surface area contributed by atoms with Gasteiger partial charge in [-0.2, -0.15) is 0 Å². The molecule has 2 aromatic heterocycles. The highest BCUT2D eigenvalue weighted by Crippen LogP contribution is 2.26. The second-order valence-electron chi connectivity index (χ2n) is 5.97. The van der Waals surface area contributed by atoms with Crippen molar-refractivity contribution in [2.24, 2.45) is 0 Å². The molecule has 27 heavy (non-hydrogen) atoms. The molecule has 4 nitrogen and oxygen atoms in total. The van der Waals surface area contributed by atoms with Crippen molar-refractivity contribution in [3.05, 3.63) is 75.1 Å². The first kappa shape index (κ1) is 19.4. The molecule has 0 radical (unpaired) electrons. The third-order valence-corrected chi connectivity index (χ3v) is 4.39. The van der Waals surface area contributed by atoms with Gasteiger partial charge in [-0.3, -0.25) is 9.78 Å². The Kier molecular flexibility index (Phi) is 5.53. The van der Waals surface area contributed by atoms with Gasteiger partial charge in [0.1, 0.15) is 11.6 Å². The predicted molar refractivity (Wildman–Crippen MR) is 105 cm³/mol. The minimum Gasteiger partial charge on any atom is -0.383 e. The van der Waals surface area contributed by atoms with Crippen LogP contribution >= 0.6 is 27.5 Å². The maximum Gasteiger partial charge on any atom is 0.199 e. The second-order valence-corrected chi connectivity index (χ2v) is 7.29. The van der Waals surface area contributed by atoms with Crippen LogP contribution in [-0.2, 0) is 0 Å². The quantitative estimate of drug-likeness (QED) is 0.313. The largest absolute Gasteiger partial charge is 0.383 e. The number of nitrogens with zero attached hydrogens (tertiary/aromatic N) is 3. The maximum atomic E-state index is 14.2. The van der Waals surface area contributed by atoms with Crippen LogP contribution in [0.2, 0.25) is 5.02 Å². The van der Waals surface area contributed by atoms with Crippen LogP contribution < -0.4 is 0 Å². The minimum atomic E-state index is -0.989. The number of halogens is 4. The number of carbonyl (C=O) groups is 1. The molecule has 138 valence electrons. The van der Waals surface area contributed by atoms with Gasteiger partial charge in [-0.1, -0.05) is 11.6 Å². The summed E-state index contributed by atoms with van der Waals surface area (Å²) in [5.74, 6) is -2.57. The number of fused-ring (bicyclic) bond motifs is 1. The molecule has 0 spiro atoms. The number of hydrogen-bond donors (Lipinski definition) is 0. The number of carbonyl (C=O) groups excluding carboxylic acids is 1. The van der Waals surface area contributed by atoms with Crippen molar-refractivity contribution in [3.63, 3.8) is 0 Å². The average Bonchev–Trinajstić information content (AvgIpc) is 2.61. The van der Waals surface area contributed by atoms with Crippen molar-refractivity contribution in [2.45, 2.75) is 0 Å². The fraction of sp³-hybridized carbons (Fsp3) is 0.105. The molecule has 1 aromatic carbocycles. The van der Waals surface area contributed by atoms with Crippen LogP contribution in [0.3, 0.4) is 0 Å². The molecule has 0 unspecified atom stereocenters. The number of ketones is 1. The zero-order valence-corrected chi connectivity index (χ0v) is 16.6. The van der Waals surface area contributed by atoms with Crippen LogP contribution in [0.25, 0.3) is 16.6 Å². The number of aromatic nitrogens is 2. The predicted octanol–water partition coefficient (Wildman–Crippen LogP) is 5.11. The standard InChI is InChI=1S/C19H13BrClF2N3O/c1-26(2)9-12(19(27)11-6-13(21)15(23)7-14(11)22)16-3-4-17-18(25-16)5-10(20)8-24-17/h3-9H,1-2H3/b12-9-. The Hall–Kier alpha value is -2.38. The molecule has 0 atom stereocenters. The minimum absolute atomic E-state index is 0.142. The van der Waals surface area contributed by atoms with Crippen LogP contribution in [0.5, 0.6) is 0 Å². The van der Waals surface area contributed by atoms with Crippen molar-refractivity contribution in [1.82, 2.24) is 14.9 Å². The van der Waals surface area contributed by atoms with Gasteiger partial charge in [-0.05, 0) is 40.2 Å². The summed E-state index contributed by atoms with van der Waals surface area (Å²) in [5, 5.41) is -0.330. The smallest absolute Gasteiger partial charge is 0.199 e. The fourth-order valence-corrected chi connectivity index (χ4v) is 2.96. The van der Waals surface area contributed by atoms with E-state index in [1.807, 2.05) is 0 Å². The lowest BCUT2D eigenvalue weighted by Gasteiger charge is -2.13. The Balaban J connectivity index is 2.15. The average molecular weight is 453 g/mol. The lowest BCUT2D eigenvalue weighted by Crippen LogP contribution is -2.12. The van der Waals surface area contributed by atoms with Gasteiger partial charge in [-0.15, -0.1) is 0 Å². The summed E-state index contributed by atoms with van der Waals surface area (Å²) >= 11 is 9.06. The Labute approximate surface area is 167 Å². The first-order chi connectivity index (χ1) is 12.8. The number of allylic oxidation sites excluding steroid dienone is 1. The first-order valence-corrected chi connectivity index (χ1v) is 8.93. The molecule has 8 heteroatoms. The SMILES string of the molecule is CN(C)/C=C(\C(=O)c1cc(Cl)c(F)cc1F)c1ccc2ncc(Br)cc2n1. The van der Waals surface area contributed by atoms with Gasteiger partial charge in [-0.25, -0.2) is 13.8 Å². The summed E-state index contributed by atoms with van der Waals surface area (Å²) in [7, 11) is 3.45. The van der Waals surface area contributed by atoms with E-state index in [4.69, 9.17) is 11.6 Å². The summed E-state index contributed by atoms with van der Waals surface area (Å²) < 4.78 is 28.4. The number of hydrogen-bond acceptors (Lipinski definition) is 4. The molecular formula is C19H13BrClF2N3O. The lowest BCUT2D eigenvalue weighted by atomic mass is 10.00. The highest BCUT2D eigenvalue weighted by atomic mass is 79.9. The highest BCUT2D eigenvalue weighted by Gasteiger charge is 2.22. The Morgan fingerprint density at radius 1 is 1.15 bits per heavy atom. The fourth-order valence-electron chi connectivity index (χ4n) is 2.47. The van der Waals surface area contributed by atoms with Crippen LogP contribution in [0.4, 0.5) is 8.78 Å². The summed E-state index contributed by atoms with van der Waals surface area (Å²) in [6.45, 7) is 0. The molecule has 0 saturated heterocycles. The van der Waals surface area contributed by atoms with Gasteiger partial charge in [0.15, 0.2) is 5.78 Å². The number of benzene rings is 1. The summed E-state index contributed by atoms with van der Waals surface area (Å²) in [6.07, 6.45) is 3.17. The normalized spacial score (nSPS) is 11.7. The van der Waals surface area contributed by atoms with Crippen LogP contribution in [0, 0.1) is 11.6 Å². The number of pyridine rings is 2. The van der Waals surface area contributed by atoms with Gasteiger partial charge in [0.2, 0.25) is 0 Å². The van der Waals surface area contributed by atoms with Gasteiger partial charge >= 0.3 is 0 Å². The Morgan fingerprint density at radius 2 is 1.89 bits per heavy atom. The molecule has 3 aromatic rings. The van der Waals surface area contributed by atoms with Crippen LogP contribution in [0.1, 0.15) is 16.1 Å². The molecule has 0 amide bonds. The molecular weight excluding hydrogens is 440 g/mol. The molecule has 0 aliphatic heterocycles. The van der Waals surface area contributed by atoms with Crippen LogP contribution in [-0.4, -0.2) is 34.7 Å². The number of rotatable bonds is 4. The molecule has 2 heterocycles. The Morgan fingerprint density at radius 3 is 2.59 bits per heavy atom. The van der Waals surface area contributed by atoms with E-state index in [1.165, 1.54) is 6.20 Å². The third kappa shape index (κ3) is 4.14. The summed E-state index contributed by atoms with van der Waals surface area (Å²) in [6, 6.07) is 6.68. The van der Waals surface area contributed by atoms with Crippen molar-refractivity contribution in [2.75, 3.05) is 14.1 Å². The zero-order chi connectivity index (χ0) is 19.7. The second kappa shape index (κ2) is 7.70. The van der Waals surface area contributed by atoms with Gasteiger partial charge in [0.25, 0.3) is 0 Å². The van der Waals surface area contributed by atoms with E-state index in [0.717, 1.165) is 10.5 Å². The molecule has 0 aliphatic rings. The monoisotopic (exact) mass is 451 g/mol. The number of Topliss-reactive ketones (excluding diaryl/α,β-unsaturated/α-hetero) is 1. The Bertz CT molecular complexity index is 1090. The molecule has 0 aliphatic carbocycles. The van der Waals surface area contributed by atoms with Crippen molar-refractivity contribution in [3.8, 4) is 0 Å². The van der Waals surface area contributed by atoms with E-state index in [-0.39, 0.29) is 16.2 Å². The third-order valence-electron chi connectivity index (χ3n) is 3.67. The molecule has 0 saturated carbocycles. The van der Waals surface area contributed by atoms with Gasteiger partial charge in [0, 0.05) is 37.0 Å². The van der Waals surface area contributed by atoms with Crippen LogP contribution in [0.15, 0.2) is 47.2 Å². The van der Waals surface area contributed by atoms with Gasteiger partial charge in [0.05, 0.1) is 32.9 Å². The lowest BCUT2D eigenvalue weighted by molar-refractivity contribution is 0.105. The highest BCUT2D eigenvalue weighted by molar-refractivity contribution is 9.10. The van der Waals surface area contributed by atoms with E-state index in [9.17, 15) is 13.6 Å². The molecule has 0 bridgehead atoms. The molecule has 3 rings (SSSR count). The van der Waals surface area contributed by atoms with E-state index in [0.29, 0.717) is 22.8 Å². The summed E-state index contributed by atoms with van der Waals surface area (Å²) in [4.78, 5) is 23.3. The maximum absolute atomic E-state index is 14.2.